The number of hydrogen-bond donors (Lipinski definition) is 0. The van der Waals surface area contributed by atoms with Crippen LogP contribution >= 0.6 is 0 Å². The zero-order chi connectivity index (χ0) is 13.7. The van der Waals surface area contributed by atoms with Crippen LogP contribution < -0.4 is 0 Å². The fourth-order valence-corrected chi connectivity index (χ4v) is 2.57. The van der Waals surface area contributed by atoms with Crippen molar-refractivity contribution in [2.24, 2.45) is 16.7 Å². The van der Waals surface area contributed by atoms with E-state index >= 15 is 0 Å². The Kier molecular flexibility index (Phi) is 6.76. The molecule has 0 aliphatic heterocycles. The highest BCUT2D eigenvalue weighted by molar-refractivity contribution is 4.71. The standard InChI is InChI=1S/C16H35N/c1-9-17(13-16(6,7)8)11-10-14(2)12-15(3,4)5/h14H,9-13H2,1-8H3. The second kappa shape index (κ2) is 6.78. The van der Waals surface area contributed by atoms with Crippen LogP contribution in [0.4, 0.5) is 0 Å². The van der Waals surface area contributed by atoms with Crippen molar-refractivity contribution < 1.29 is 0 Å². The molecule has 1 atom stereocenters. The van der Waals surface area contributed by atoms with Gasteiger partial charge in [-0.15, -0.1) is 0 Å². The third-order valence-electron chi connectivity index (χ3n) is 3.04. The molecule has 104 valence electrons. The maximum Gasteiger partial charge on any atom is 0.00299 e. The van der Waals surface area contributed by atoms with Gasteiger partial charge in [0.15, 0.2) is 0 Å². The van der Waals surface area contributed by atoms with Crippen molar-refractivity contribution in [3.8, 4) is 0 Å². The van der Waals surface area contributed by atoms with Gasteiger partial charge in [0, 0.05) is 6.54 Å². The summed E-state index contributed by atoms with van der Waals surface area (Å²) in [5, 5.41) is 0. The third kappa shape index (κ3) is 10.8. The Morgan fingerprint density at radius 3 is 1.82 bits per heavy atom. The summed E-state index contributed by atoms with van der Waals surface area (Å²) < 4.78 is 0. The van der Waals surface area contributed by atoms with Crippen LogP contribution in [0.15, 0.2) is 0 Å². The van der Waals surface area contributed by atoms with Crippen LogP contribution in [-0.2, 0) is 0 Å². The predicted molar refractivity (Wildman–Crippen MR) is 79.4 cm³/mol. The minimum atomic E-state index is 0.420. The Morgan fingerprint density at radius 1 is 0.941 bits per heavy atom. The first-order valence-electron chi connectivity index (χ1n) is 7.26. The molecule has 17 heavy (non-hydrogen) atoms. The molecule has 0 fully saturated rings. The fraction of sp³-hybridized carbons (Fsp3) is 1.00. The van der Waals surface area contributed by atoms with Crippen molar-refractivity contribution in [2.75, 3.05) is 19.6 Å². The molecule has 0 bridgehead atoms. The summed E-state index contributed by atoms with van der Waals surface area (Å²) in [6.45, 7) is 22.3. The van der Waals surface area contributed by atoms with E-state index in [1.54, 1.807) is 0 Å². The molecule has 0 rings (SSSR count). The first kappa shape index (κ1) is 17.0. The molecule has 1 nitrogen and oxygen atoms in total. The highest BCUT2D eigenvalue weighted by Gasteiger charge is 2.18. The molecule has 1 unspecified atom stereocenters. The average molecular weight is 241 g/mol. The van der Waals surface area contributed by atoms with Crippen LogP contribution in [0.3, 0.4) is 0 Å². The van der Waals surface area contributed by atoms with Gasteiger partial charge in [0.05, 0.1) is 0 Å². The molecule has 0 radical (unpaired) electrons. The molecule has 0 heterocycles. The largest absolute Gasteiger partial charge is 0.303 e. The van der Waals surface area contributed by atoms with E-state index in [0.29, 0.717) is 10.8 Å². The molecule has 0 saturated heterocycles. The van der Waals surface area contributed by atoms with Crippen molar-refractivity contribution in [1.82, 2.24) is 4.90 Å². The normalized spacial score (nSPS) is 15.4. The fourth-order valence-electron chi connectivity index (χ4n) is 2.57. The lowest BCUT2D eigenvalue weighted by Crippen LogP contribution is -2.34. The zero-order valence-corrected chi connectivity index (χ0v) is 13.6. The van der Waals surface area contributed by atoms with Gasteiger partial charge < -0.3 is 4.90 Å². The molecule has 0 N–H and O–H groups in total. The molecular formula is C16H35N. The van der Waals surface area contributed by atoms with E-state index in [2.05, 4.69) is 60.3 Å². The Balaban J connectivity index is 3.99. The lowest BCUT2D eigenvalue weighted by Gasteiger charge is -2.31. The Morgan fingerprint density at radius 2 is 1.47 bits per heavy atom. The van der Waals surface area contributed by atoms with Gasteiger partial charge in [-0.05, 0) is 42.7 Å². The minimum absolute atomic E-state index is 0.420. The maximum atomic E-state index is 2.60. The topological polar surface area (TPSA) is 3.24 Å². The van der Waals surface area contributed by atoms with Gasteiger partial charge >= 0.3 is 0 Å². The van der Waals surface area contributed by atoms with Crippen LogP contribution in [0.25, 0.3) is 0 Å². The van der Waals surface area contributed by atoms with Crippen molar-refractivity contribution in [1.29, 1.82) is 0 Å². The van der Waals surface area contributed by atoms with Gasteiger partial charge in [0.1, 0.15) is 0 Å². The monoisotopic (exact) mass is 241 g/mol. The highest BCUT2D eigenvalue weighted by atomic mass is 15.1. The Labute approximate surface area is 110 Å². The van der Waals surface area contributed by atoms with Crippen molar-refractivity contribution in [3.63, 3.8) is 0 Å². The molecule has 0 aliphatic carbocycles. The van der Waals surface area contributed by atoms with Gasteiger partial charge in [0.2, 0.25) is 0 Å². The molecule has 0 amide bonds. The summed E-state index contributed by atoms with van der Waals surface area (Å²) in [5.74, 6) is 0.837. The van der Waals surface area contributed by atoms with Crippen LogP contribution in [0.1, 0.15) is 68.2 Å². The number of nitrogens with zero attached hydrogens (tertiary/aromatic N) is 1. The zero-order valence-electron chi connectivity index (χ0n) is 13.6. The summed E-state index contributed by atoms with van der Waals surface area (Å²) in [7, 11) is 0. The molecule has 0 aromatic heterocycles. The second-order valence-electron chi connectivity index (χ2n) is 8.09. The first-order valence-corrected chi connectivity index (χ1v) is 7.26. The van der Waals surface area contributed by atoms with Gasteiger partial charge in [-0.2, -0.15) is 0 Å². The first-order chi connectivity index (χ1) is 7.53. The lowest BCUT2D eigenvalue weighted by molar-refractivity contribution is 0.180. The third-order valence-corrected chi connectivity index (χ3v) is 3.04. The summed E-state index contributed by atoms with van der Waals surface area (Å²) >= 11 is 0. The Hall–Kier alpha value is -0.0400. The smallest absolute Gasteiger partial charge is 0.00299 e. The van der Waals surface area contributed by atoms with Crippen molar-refractivity contribution >= 4 is 0 Å². The molecule has 1 heteroatoms. The quantitative estimate of drug-likeness (QED) is 0.644. The van der Waals surface area contributed by atoms with E-state index in [0.717, 1.165) is 5.92 Å². The molecule has 0 aromatic rings. The molecule has 0 aliphatic rings. The summed E-state index contributed by atoms with van der Waals surface area (Å²) in [5.41, 5.74) is 0.893. The number of hydrogen-bond acceptors (Lipinski definition) is 1. The molecule has 0 saturated carbocycles. The van der Waals surface area contributed by atoms with Crippen LogP contribution in [-0.4, -0.2) is 24.5 Å². The van der Waals surface area contributed by atoms with E-state index in [1.807, 2.05) is 0 Å². The van der Waals surface area contributed by atoms with Gasteiger partial charge in [-0.3, -0.25) is 0 Å². The van der Waals surface area contributed by atoms with E-state index in [4.69, 9.17) is 0 Å². The average Bonchev–Trinajstić information content (AvgIpc) is 2.07. The molecule has 0 aromatic carbocycles. The lowest BCUT2D eigenvalue weighted by atomic mass is 9.84. The van der Waals surface area contributed by atoms with Gasteiger partial charge in [-0.1, -0.05) is 55.4 Å². The van der Waals surface area contributed by atoms with Crippen molar-refractivity contribution in [2.45, 2.75) is 68.2 Å². The molecule has 0 spiro atoms. The maximum absolute atomic E-state index is 2.60. The minimum Gasteiger partial charge on any atom is -0.303 e. The van der Waals surface area contributed by atoms with Gasteiger partial charge in [0.25, 0.3) is 0 Å². The number of rotatable bonds is 6. The SMILES string of the molecule is CCN(CCC(C)CC(C)(C)C)CC(C)(C)C. The second-order valence-corrected chi connectivity index (χ2v) is 8.09. The van der Waals surface area contributed by atoms with E-state index in [-0.39, 0.29) is 0 Å². The van der Waals surface area contributed by atoms with Gasteiger partial charge in [-0.25, -0.2) is 0 Å². The highest BCUT2D eigenvalue weighted by Crippen LogP contribution is 2.26. The van der Waals surface area contributed by atoms with Crippen LogP contribution in [0, 0.1) is 16.7 Å². The Bertz CT molecular complexity index is 195. The van der Waals surface area contributed by atoms with E-state index in [1.165, 1.54) is 32.5 Å². The predicted octanol–water partition coefficient (Wildman–Crippen LogP) is 4.82. The van der Waals surface area contributed by atoms with Crippen LogP contribution in [0.5, 0.6) is 0 Å². The summed E-state index contributed by atoms with van der Waals surface area (Å²) in [6, 6.07) is 0. The van der Waals surface area contributed by atoms with E-state index in [9.17, 15) is 0 Å². The molecular weight excluding hydrogens is 206 g/mol. The summed E-state index contributed by atoms with van der Waals surface area (Å²) in [4.78, 5) is 2.60. The van der Waals surface area contributed by atoms with Crippen molar-refractivity contribution in [3.05, 3.63) is 0 Å². The van der Waals surface area contributed by atoms with Crippen LogP contribution in [0.2, 0.25) is 0 Å². The van der Waals surface area contributed by atoms with E-state index < -0.39 is 0 Å². The summed E-state index contributed by atoms with van der Waals surface area (Å²) in [6.07, 6.45) is 2.67.